The quantitative estimate of drug-likeness (QED) is 0.405. The minimum Gasteiger partial charge on any atom is -0.481 e. The molecule has 19 heavy (non-hydrogen) atoms. The predicted octanol–water partition coefficient (Wildman–Crippen LogP) is 0.929. The molecule has 0 heterocycles. The maximum atomic E-state index is 11.8. The Hall–Kier alpha value is -1.02. The number of hydrogen-bond acceptors (Lipinski definition) is 6. The van der Waals surface area contributed by atoms with Crippen molar-refractivity contribution in [2.24, 2.45) is 0 Å². The summed E-state index contributed by atoms with van der Waals surface area (Å²) in [6.07, 6.45) is 0.628. The fourth-order valence-electron chi connectivity index (χ4n) is 1.09. The number of rotatable bonds is 12. The van der Waals surface area contributed by atoms with E-state index in [1.54, 1.807) is 0 Å². The third-order valence-corrected chi connectivity index (χ3v) is 4.29. The molecule has 0 rings (SSSR count). The molecule has 0 radical (unpaired) electrons. The Morgan fingerprint density at radius 1 is 1.05 bits per heavy atom. The lowest BCUT2D eigenvalue weighted by Crippen LogP contribution is -2.21. The normalized spacial score (nSPS) is 11.8. The summed E-state index contributed by atoms with van der Waals surface area (Å²) in [6, 6.07) is 0. The maximum absolute atomic E-state index is 11.8. The van der Waals surface area contributed by atoms with Crippen LogP contribution in [0.25, 0.3) is 0 Å². The molecular weight excluding hydrogens is 292 g/mol. The number of carboxylic acids is 2. The number of carbonyl (C=O) groups is 4. The fourth-order valence-corrected chi connectivity index (χ4v) is 3.13. The van der Waals surface area contributed by atoms with Gasteiger partial charge < -0.3 is 15.0 Å². The van der Waals surface area contributed by atoms with E-state index in [0.717, 1.165) is 11.8 Å². The number of carbonyl (C=O) groups excluding carboxylic acids is 2. The molecule has 0 aromatic carbocycles. The van der Waals surface area contributed by atoms with Crippen molar-refractivity contribution in [3.63, 3.8) is 0 Å². The van der Waals surface area contributed by atoms with Gasteiger partial charge in [0.2, 0.25) is 0 Å². The Balaban J connectivity index is 3.99. The molecule has 0 aliphatic carbocycles. The van der Waals surface area contributed by atoms with E-state index in [2.05, 4.69) is 0 Å². The molecule has 2 N–H and O–H groups in total. The molecule has 0 aromatic heterocycles. The van der Waals surface area contributed by atoms with Gasteiger partial charge in [-0.25, -0.2) is 0 Å². The summed E-state index contributed by atoms with van der Waals surface area (Å²) < 4.78 is 0. The first-order valence-electron chi connectivity index (χ1n) is 5.56. The zero-order valence-corrected chi connectivity index (χ0v) is 11.9. The average molecular weight is 308 g/mol. The molecule has 8 heteroatoms. The minimum atomic E-state index is -0.944. The molecule has 0 fully saturated rings. The molecule has 108 valence electrons. The van der Waals surface area contributed by atoms with Crippen LogP contribution >= 0.6 is 23.5 Å². The molecule has 1 unspecified atom stereocenters. The van der Waals surface area contributed by atoms with Crippen molar-refractivity contribution in [1.82, 2.24) is 0 Å². The molecule has 0 amide bonds. The van der Waals surface area contributed by atoms with E-state index in [9.17, 15) is 19.2 Å². The van der Waals surface area contributed by atoms with Gasteiger partial charge in [-0.1, -0.05) is 0 Å². The second-order valence-corrected chi connectivity index (χ2v) is 5.98. The Morgan fingerprint density at radius 2 is 1.63 bits per heavy atom. The van der Waals surface area contributed by atoms with Crippen LogP contribution < -0.4 is 0 Å². The van der Waals surface area contributed by atoms with Crippen LogP contribution in [0.15, 0.2) is 0 Å². The summed E-state index contributed by atoms with van der Waals surface area (Å²) in [7, 11) is 0. The van der Waals surface area contributed by atoms with Crippen molar-refractivity contribution < 1.29 is 29.4 Å². The number of Topliss-reactive ketones (excluding diaryl/α,β-unsaturated/α-hetero) is 1. The van der Waals surface area contributed by atoms with Crippen molar-refractivity contribution >= 4 is 47.5 Å². The highest BCUT2D eigenvalue weighted by Gasteiger charge is 2.18. The topological polar surface area (TPSA) is 109 Å². The molecule has 0 aliphatic heterocycles. The van der Waals surface area contributed by atoms with Crippen LogP contribution in [0.3, 0.4) is 0 Å². The largest absolute Gasteiger partial charge is 0.481 e. The maximum Gasteiger partial charge on any atom is 0.304 e. The van der Waals surface area contributed by atoms with Crippen LogP contribution in [0.1, 0.15) is 19.3 Å². The second kappa shape index (κ2) is 10.9. The molecule has 0 spiro atoms. The van der Waals surface area contributed by atoms with Gasteiger partial charge in [-0.15, -0.1) is 11.8 Å². The fraction of sp³-hybridized carbons (Fsp3) is 0.636. The molecule has 0 saturated carbocycles. The third kappa shape index (κ3) is 10.6. The minimum absolute atomic E-state index is 0.0115. The number of thioether (sulfide) groups is 2. The molecule has 0 aliphatic rings. The van der Waals surface area contributed by atoms with E-state index in [4.69, 9.17) is 10.2 Å². The lowest BCUT2D eigenvalue weighted by atomic mass is 10.2. The molecule has 6 nitrogen and oxygen atoms in total. The van der Waals surface area contributed by atoms with E-state index < -0.39 is 17.2 Å². The molecule has 0 saturated heterocycles. The number of ketones is 1. The average Bonchev–Trinajstić information content (AvgIpc) is 2.32. The molecular formula is C11H16O6S2. The van der Waals surface area contributed by atoms with E-state index in [-0.39, 0.29) is 36.6 Å². The highest BCUT2D eigenvalue weighted by molar-refractivity contribution is 8.01. The van der Waals surface area contributed by atoms with Gasteiger partial charge in [-0.05, 0) is 0 Å². The lowest BCUT2D eigenvalue weighted by molar-refractivity contribution is -0.137. The van der Waals surface area contributed by atoms with Gasteiger partial charge in [-0.3, -0.25) is 14.4 Å². The van der Waals surface area contributed by atoms with E-state index >= 15 is 0 Å². The van der Waals surface area contributed by atoms with E-state index in [0.29, 0.717) is 12.0 Å². The summed E-state index contributed by atoms with van der Waals surface area (Å²) >= 11 is 2.36. The van der Waals surface area contributed by atoms with Gasteiger partial charge in [0, 0.05) is 17.9 Å². The van der Waals surface area contributed by atoms with Crippen LogP contribution in [0.4, 0.5) is 0 Å². The first kappa shape index (κ1) is 18.0. The standard InChI is InChI=1S/C11H16O6S2/c12-4-1-9(19-6-3-11(16)17)8(13)7-18-5-2-10(14)15/h4,9H,1-3,5-7H2,(H,14,15)(H,16,17). The van der Waals surface area contributed by atoms with E-state index in [1.807, 2.05) is 0 Å². The summed E-state index contributed by atoms with van der Waals surface area (Å²) in [5.74, 6) is -1.25. The van der Waals surface area contributed by atoms with Crippen LogP contribution in [-0.2, 0) is 19.2 Å². The zero-order valence-electron chi connectivity index (χ0n) is 10.2. The summed E-state index contributed by atoms with van der Waals surface area (Å²) in [5.41, 5.74) is 0. The van der Waals surface area contributed by atoms with Crippen LogP contribution in [0.5, 0.6) is 0 Å². The van der Waals surface area contributed by atoms with Gasteiger partial charge in [0.05, 0.1) is 23.8 Å². The molecule has 1 atom stereocenters. The molecule has 0 bridgehead atoms. The summed E-state index contributed by atoms with van der Waals surface area (Å²) in [4.78, 5) is 42.9. The smallest absolute Gasteiger partial charge is 0.304 e. The Morgan fingerprint density at radius 3 is 2.16 bits per heavy atom. The first-order chi connectivity index (χ1) is 8.97. The van der Waals surface area contributed by atoms with Crippen molar-refractivity contribution in [2.45, 2.75) is 24.5 Å². The van der Waals surface area contributed by atoms with Crippen molar-refractivity contribution in [1.29, 1.82) is 0 Å². The van der Waals surface area contributed by atoms with Crippen molar-refractivity contribution in [2.75, 3.05) is 17.3 Å². The number of aldehydes is 1. The highest BCUT2D eigenvalue weighted by Crippen LogP contribution is 2.18. The zero-order chi connectivity index (χ0) is 14.7. The number of carboxylic acid groups (broad SMARTS) is 2. The van der Waals surface area contributed by atoms with E-state index in [1.165, 1.54) is 11.8 Å². The van der Waals surface area contributed by atoms with Gasteiger partial charge in [0.15, 0.2) is 5.78 Å². The van der Waals surface area contributed by atoms with Gasteiger partial charge in [0.25, 0.3) is 0 Å². The summed E-state index contributed by atoms with van der Waals surface area (Å²) in [6.45, 7) is 0. The predicted molar refractivity (Wildman–Crippen MR) is 73.8 cm³/mol. The second-order valence-electron chi connectivity index (χ2n) is 3.57. The van der Waals surface area contributed by atoms with Crippen molar-refractivity contribution in [3.8, 4) is 0 Å². The van der Waals surface area contributed by atoms with Crippen molar-refractivity contribution in [3.05, 3.63) is 0 Å². The highest BCUT2D eigenvalue weighted by atomic mass is 32.2. The molecule has 0 aromatic rings. The van der Waals surface area contributed by atoms with Crippen LogP contribution in [0.2, 0.25) is 0 Å². The SMILES string of the molecule is O=CCC(SCCC(=O)O)C(=O)CSCCC(=O)O. The van der Waals surface area contributed by atoms with Gasteiger partial charge >= 0.3 is 11.9 Å². The lowest BCUT2D eigenvalue weighted by Gasteiger charge is -2.11. The first-order valence-corrected chi connectivity index (χ1v) is 7.77. The van der Waals surface area contributed by atoms with Gasteiger partial charge in [-0.2, -0.15) is 11.8 Å². The Kier molecular flexibility index (Phi) is 10.3. The number of hydrogen-bond donors (Lipinski definition) is 2. The van der Waals surface area contributed by atoms with Crippen LogP contribution in [-0.4, -0.2) is 56.7 Å². The number of aliphatic carboxylic acids is 2. The van der Waals surface area contributed by atoms with Gasteiger partial charge in [0.1, 0.15) is 6.29 Å². The van der Waals surface area contributed by atoms with Crippen LogP contribution in [0, 0.1) is 0 Å². The monoisotopic (exact) mass is 308 g/mol. The Bertz CT molecular complexity index is 331. The Labute approximate surface area is 119 Å². The third-order valence-electron chi connectivity index (χ3n) is 2.01. The summed E-state index contributed by atoms with van der Waals surface area (Å²) in [5, 5.41) is 16.4.